The lowest BCUT2D eigenvalue weighted by Crippen LogP contribution is -2.45. The minimum atomic E-state index is -0.669. The van der Waals surface area contributed by atoms with E-state index in [9.17, 15) is 14.4 Å². The summed E-state index contributed by atoms with van der Waals surface area (Å²) in [5.41, 5.74) is 0.640. The zero-order chi connectivity index (χ0) is 15.1. The topological polar surface area (TPSA) is 85.1 Å². The second kappa shape index (κ2) is 4.62. The smallest absolute Gasteiger partial charge is 0.330 e. The van der Waals surface area contributed by atoms with E-state index in [0.29, 0.717) is 16.8 Å². The van der Waals surface area contributed by atoms with Gasteiger partial charge in [-0.15, -0.1) is 0 Å². The van der Waals surface area contributed by atoms with Gasteiger partial charge in [-0.3, -0.25) is 14.2 Å². The first-order chi connectivity index (χ1) is 9.99. The first-order valence-electron chi connectivity index (χ1n) is 6.42. The third-order valence-corrected chi connectivity index (χ3v) is 3.53. The Bertz CT molecular complexity index is 850. The normalized spacial score (nSPS) is 16.9. The number of benzene rings is 1. The lowest BCUT2D eigenvalue weighted by molar-refractivity contribution is 0.0935. The number of nitrogens with zero attached hydrogens (tertiary/aromatic N) is 2. The van der Waals surface area contributed by atoms with Crippen LogP contribution in [0.2, 0.25) is 0 Å². The standard InChI is InChI=1S/C14H14N4O3/c1-17-7-9(13(20)18(2)14(17)21)11-15-10-6-4-3-5-8(10)12(19)16-11/h3-7,11,15H,1-2H3,(H,16,19)/t11-/m1/s1. The fourth-order valence-corrected chi connectivity index (χ4v) is 2.40. The molecule has 21 heavy (non-hydrogen) atoms. The van der Waals surface area contributed by atoms with Crippen molar-refractivity contribution in [2.45, 2.75) is 6.17 Å². The van der Waals surface area contributed by atoms with E-state index in [4.69, 9.17) is 0 Å². The van der Waals surface area contributed by atoms with E-state index in [1.807, 2.05) is 0 Å². The molecule has 0 saturated carbocycles. The summed E-state index contributed by atoms with van der Waals surface area (Å²) < 4.78 is 2.33. The molecule has 1 atom stereocenters. The van der Waals surface area contributed by atoms with Crippen molar-refractivity contribution in [3.8, 4) is 0 Å². The largest absolute Gasteiger partial charge is 0.361 e. The van der Waals surface area contributed by atoms with Crippen molar-refractivity contribution in [2.75, 3.05) is 5.32 Å². The Morgan fingerprint density at radius 2 is 1.76 bits per heavy atom. The van der Waals surface area contributed by atoms with Crippen LogP contribution in [-0.2, 0) is 14.1 Å². The molecule has 0 bridgehead atoms. The number of anilines is 1. The number of aryl methyl sites for hydroxylation is 1. The number of hydrogen-bond acceptors (Lipinski definition) is 4. The van der Waals surface area contributed by atoms with E-state index in [1.165, 1.54) is 17.8 Å². The fraction of sp³-hybridized carbons (Fsp3) is 0.214. The molecule has 1 amide bonds. The summed E-state index contributed by atoms with van der Waals surface area (Å²) in [5, 5.41) is 5.82. The molecule has 7 nitrogen and oxygen atoms in total. The molecule has 2 N–H and O–H groups in total. The Kier molecular flexibility index (Phi) is 2.90. The molecule has 3 rings (SSSR count). The maximum absolute atomic E-state index is 12.2. The first kappa shape index (κ1) is 13.2. The van der Waals surface area contributed by atoms with Crippen molar-refractivity contribution < 1.29 is 4.79 Å². The van der Waals surface area contributed by atoms with E-state index >= 15 is 0 Å². The zero-order valence-electron chi connectivity index (χ0n) is 11.6. The van der Waals surface area contributed by atoms with Crippen molar-refractivity contribution in [1.82, 2.24) is 14.5 Å². The van der Waals surface area contributed by atoms with E-state index in [2.05, 4.69) is 10.6 Å². The van der Waals surface area contributed by atoms with Gasteiger partial charge < -0.3 is 15.2 Å². The van der Waals surface area contributed by atoms with Gasteiger partial charge in [0.15, 0.2) is 0 Å². The highest BCUT2D eigenvalue weighted by atomic mass is 16.2. The minimum absolute atomic E-state index is 0.259. The average molecular weight is 286 g/mol. The monoisotopic (exact) mass is 286 g/mol. The van der Waals surface area contributed by atoms with Gasteiger partial charge in [-0.25, -0.2) is 4.79 Å². The highest BCUT2D eigenvalue weighted by Gasteiger charge is 2.26. The van der Waals surface area contributed by atoms with Gasteiger partial charge in [0.05, 0.1) is 11.1 Å². The van der Waals surface area contributed by atoms with Gasteiger partial charge in [0, 0.05) is 26.0 Å². The van der Waals surface area contributed by atoms with Crippen molar-refractivity contribution in [3.63, 3.8) is 0 Å². The molecular formula is C14H14N4O3. The molecular weight excluding hydrogens is 272 g/mol. The Morgan fingerprint density at radius 1 is 1.05 bits per heavy atom. The molecule has 0 radical (unpaired) electrons. The van der Waals surface area contributed by atoms with Gasteiger partial charge in [-0.1, -0.05) is 12.1 Å². The number of amides is 1. The van der Waals surface area contributed by atoms with Gasteiger partial charge >= 0.3 is 5.69 Å². The average Bonchev–Trinajstić information content (AvgIpc) is 2.49. The van der Waals surface area contributed by atoms with Gasteiger partial charge in [0.2, 0.25) is 0 Å². The summed E-state index contributed by atoms with van der Waals surface area (Å²) in [6, 6.07) is 7.05. The molecule has 0 fully saturated rings. The summed E-state index contributed by atoms with van der Waals surface area (Å²) in [5.74, 6) is -0.259. The number of carbonyl (C=O) groups is 1. The Morgan fingerprint density at radius 3 is 2.52 bits per heavy atom. The predicted molar refractivity (Wildman–Crippen MR) is 77.2 cm³/mol. The van der Waals surface area contributed by atoms with Crippen molar-refractivity contribution in [3.05, 3.63) is 62.4 Å². The summed E-state index contributed by atoms with van der Waals surface area (Å²) >= 11 is 0. The van der Waals surface area contributed by atoms with Crippen LogP contribution < -0.4 is 21.9 Å². The van der Waals surface area contributed by atoms with Crippen LogP contribution in [0, 0.1) is 0 Å². The van der Waals surface area contributed by atoms with E-state index < -0.39 is 17.4 Å². The van der Waals surface area contributed by atoms with Crippen LogP contribution in [0.4, 0.5) is 5.69 Å². The molecule has 1 aromatic carbocycles. The van der Waals surface area contributed by atoms with Crippen molar-refractivity contribution >= 4 is 11.6 Å². The molecule has 1 aliphatic rings. The molecule has 0 saturated heterocycles. The van der Waals surface area contributed by atoms with E-state index in [-0.39, 0.29) is 5.91 Å². The van der Waals surface area contributed by atoms with Gasteiger partial charge in [-0.2, -0.15) is 0 Å². The summed E-state index contributed by atoms with van der Waals surface area (Å²) in [6.07, 6.45) is 0.772. The maximum Gasteiger partial charge on any atom is 0.330 e. The summed E-state index contributed by atoms with van der Waals surface area (Å²) in [4.78, 5) is 36.0. The highest BCUT2D eigenvalue weighted by molar-refractivity contribution is 6.01. The van der Waals surface area contributed by atoms with Gasteiger partial charge in [-0.05, 0) is 12.1 Å². The van der Waals surface area contributed by atoms with Crippen LogP contribution in [0.25, 0.3) is 0 Å². The molecule has 1 aliphatic heterocycles. The summed E-state index contributed by atoms with van der Waals surface area (Å²) in [7, 11) is 2.97. The third-order valence-electron chi connectivity index (χ3n) is 3.53. The SMILES string of the molecule is Cn1cc([C@H]2NC(=O)c3ccccc3N2)c(=O)n(C)c1=O. The van der Waals surface area contributed by atoms with Gasteiger partial charge in [0.1, 0.15) is 6.17 Å². The minimum Gasteiger partial charge on any atom is -0.361 e. The Labute approximate surface area is 119 Å². The second-order valence-electron chi connectivity index (χ2n) is 4.94. The zero-order valence-corrected chi connectivity index (χ0v) is 11.6. The van der Waals surface area contributed by atoms with Crippen LogP contribution >= 0.6 is 0 Å². The van der Waals surface area contributed by atoms with Crippen LogP contribution in [0.15, 0.2) is 40.1 Å². The van der Waals surface area contributed by atoms with Gasteiger partial charge in [0.25, 0.3) is 11.5 Å². The van der Waals surface area contributed by atoms with Crippen LogP contribution in [0.5, 0.6) is 0 Å². The number of para-hydroxylation sites is 1. The molecule has 108 valence electrons. The number of carbonyl (C=O) groups excluding carboxylic acids is 1. The molecule has 2 aromatic rings. The molecule has 2 heterocycles. The lowest BCUT2D eigenvalue weighted by Gasteiger charge is -2.27. The Balaban J connectivity index is 2.11. The molecule has 7 heteroatoms. The molecule has 0 aliphatic carbocycles. The Hall–Kier alpha value is -2.83. The van der Waals surface area contributed by atoms with E-state index in [0.717, 1.165) is 4.57 Å². The van der Waals surface area contributed by atoms with Crippen LogP contribution in [0.3, 0.4) is 0 Å². The van der Waals surface area contributed by atoms with Crippen molar-refractivity contribution in [1.29, 1.82) is 0 Å². The predicted octanol–water partition coefficient (Wildman–Crippen LogP) is -0.0619. The highest BCUT2D eigenvalue weighted by Crippen LogP contribution is 2.24. The maximum atomic E-state index is 12.2. The number of hydrogen-bond donors (Lipinski definition) is 2. The molecule has 1 aromatic heterocycles. The number of rotatable bonds is 1. The molecule has 0 unspecified atom stereocenters. The number of fused-ring (bicyclic) bond motifs is 1. The lowest BCUT2D eigenvalue weighted by atomic mass is 10.1. The molecule has 0 spiro atoms. The quantitative estimate of drug-likeness (QED) is 0.769. The van der Waals surface area contributed by atoms with E-state index in [1.54, 1.807) is 31.3 Å². The van der Waals surface area contributed by atoms with Crippen molar-refractivity contribution in [2.24, 2.45) is 14.1 Å². The first-order valence-corrected chi connectivity index (χ1v) is 6.42. The summed E-state index contributed by atoms with van der Waals surface area (Å²) in [6.45, 7) is 0. The van der Waals surface area contributed by atoms with Crippen LogP contribution in [0.1, 0.15) is 22.1 Å². The second-order valence-corrected chi connectivity index (χ2v) is 4.94. The third kappa shape index (κ3) is 2.03. The number of aromatic nitrogens is 2. The van der Waals surface area contributed by atoms with Crippen LogP contribution in [-0.4, -0.2) is 15.0 Å². The number of nitrogens with one attached hydrogen (secondary N) is 2. The fourth-order valence-electron chi connectivity index (χ4n) is 2.40.